The molecule has 0 aromatic carbocycles. The molecular formula is C14H25NO2. The van der Waals surface area contributed by atoms with Crippen molar-refractivity contribution in [3.8, 4) is 0 Å². The number of carbonyl (C=O) groups excluding carboxylic acids is 1. The highest BCUT2D eigenvalue weighted by Gasteiger charge is 2.39. The number of piperidine rings is 1. The maximum atomic E-state index is 11.6. The topological polar surface area (TPSA) is 49.3 Å². The summed E-state index contributed by atoms with van der Waals surface area (Å²) in [6, 6.07) is 0. The number of rotatable bonds is 6. The summed E-state index contributed by atoms with van der Waals surface area (Å²) < 4.78 is 0. The fourth-order valence-electron chi connectivity index (χ4n) is 2.69. The van der Waals surface area contributed by atoms with Gasteiger partial charge in [0.15, 0.2) is 0 Å². The molecule has 3 nitrogen and oxygen atoms in total. The van der Waals surface area contributed by atoms with Crippen LogP contribution < -0.4 is 5.32 Å². The zero-order valence-corrected chi connectivity index (χ0v) is 11.0. The number of unbranched alkanes of at least 4 members (excludes halogenated alkanes) is 1. The normalized spacial score (nSPS) is 27.1. The third-order valence-corrected chi connectivity index (χ3v) is 3.70. The molecule has 0 aromatic heterocycles. The molecule has 98 valence electrons. The van der Waals surface area contributed by atoms with E-state index in [2.05, 4.69) is 18.3 Å². The van der Waals surface area contributed by atoms with Crippen LogP contribution in [-0.2, 0) is 4.79 Å². The summed E-state index contributed by atoms with van der Waals surface area (Å²) in [5.41, 5.74) is -0.420. The minimum Gasteiger partial charge on any atom is -0.394 e. The molecule has 17 heavy (non-hydrogen) atoms. The lowest BCUT2D eigenvalue weighted by atomic mass is 9.75. The number of hydrogen-bond acceptors (Lipinski definition) is 2. The van der Waals surface area contributed by atoms with Crippen LogP contribution in [0.15, 0.2) is 12.2 Å². The number of hydrogen-bond donors (Lipinski definition) is 2. The van der Waals surface area contributed by atoms with E-state index in [1.807, 2.05) is 13.0 Å². The Morgan fingerprint density at radius 3 is 2.88 bits per heavy atom. The van der Waals surface area contributed by atoms with Crippen molar-refractivity contribution in [1.82, 2.24) is 5.32 Å². The first kappa shape index (κ1) is 14.2. The van der Waals surface area contributed by atoms with Gasteiger partial charge in [-0.15, -0.1) is 0 Å². The van der Waals surface area contributed by atoms with Gasteiger partial charge >= 0.3 is 0 Å². The SMILES string of the molecule is C/C=C/[C@@H](CCCC)[C@]1(CO)CCCC(=O)N1. The smallest absolute Gasteiger partial charge is 0.220 e. The van der Waals surface area contributed by atoms with Crippen molar-refractivity contribution in [1.29, 1.82) is 0 Å². The number of carbonyl (C=O) groups is 1. The van der Waals surface area contributed by atoms with E-state index in [1.54, 1.807) is 0 Å². The largest absolute Gasteiger partial charge is 0.394 e. The highest BCUT2D eigenvalue weighted by atomic mass is 16.3. The van der Waals surface area contributed by atoms with Crippen molar-refractivity contribution in [2.75, 3.05) is 6.61 Å². The van der Waals surface area contributed by atoms with Gasteiger partial charge in [-0.3, -0.25) is 4.79 Å². The van der Waals surface area contributed by atoms with Crippen LogP contribution in [0.1, 0.15) is 52.4 Å². The number of aliphatic hydroxyl groups is 1. The van der Waals surface area contributed by atoms with Crippen LogP contribution in [0.25, 0.3) is 0 Å². The van der Waals surface area contributed by atoms with Gasteiger partial charge in [-0.25, -0.2) is 0 Å². The molecule has 2 atom stereocenters. The summed E-state index contributed by atoms with van der Waals surface area (Å²) >= 11 is 0. The lowest BCUT2D eigenvalue weighted by Gasteiger charge is -2.42. The number of aliphatic hydroxyl groups excluding tert-OH is 1. The lowest BCUT2D eigenvalue weighted by molar-refractivity contribution is -0.127. The third kappa shape index (κ3) is 3.56. The van der Waals surface area contributed by atoms with Gasteiger partial charge < -0.3 is 10.4 Å². The fraction of sp³-hybridized carbons (Fsp3) is 0.786. The van der Waals surface area contributed by atoms with Gasteiger partial charge in [0.25, 0.3) is 0 Å². The Balaban J connectivity index is 2.81. The van der Waals surface area contributed by atoms with Crippen LogP contribution in [0.2, 0.25) is 0 Å². The van der Waals surface area contributed by atoms with E-state index < -0.39 is 5.54 Å². The Morgan fingerprint density at radius 2 is 2.35 bits per heavy atom. The van der Waals surface area contributed by atoms with Crippen LogP contribution in [0, 0.1) is 5.92 Å². The molecule has 2 N–H and O–H groups in total. The molecule has 0 unspecified atom stereocenters. The standard InChI is InChI=1S/C14H25NO2/c1-3-5-8-12(7-4-2)14(11-16)10-6-9-13(17)15-14/h4,7,12,16H,3,5-6,8-11H2,1-2H3,(H,15,17)/b7-4+/t12-,14+/m0/s1. The Morgan fingerprint density at radius 1 is 1.59 bits per heavy atom. The molecule has 1 amide bonds. The molecule has 0 bridgehead atoms. The van der Waals surface area contributed by atoms with Crippen LogP contribution in [0.3, 0.4) is 0 Å². The average Bonchev–Trinajstić information content (AvgIpc) is 2.34. The summed E-state index contributed by atoms with van der Waals surface area (Å²) in [4.78, 5) is 11.6. The van der Waals surface area contributed by atoms with Crippen LogP contribution in [-0.4, -0.2) is 23.2 Å². The molecule has 0 aromatic rings. The molecule has 3 heteroatoms. The monoisotopic (exact) mass is 239 g/mol. The van der Waals surface area contributed by atoms with Crippen molar-refractivity contribution in [2.45, 2.75) is 57.9 Å². The molecule has 1 fully saturated rings. The first-order valence-electron chi connectivity index (χ1n) is 6.73. The van der Waals surface area contributed by atoms with Gasteiger partial charge in [0.05, 0.1) is 12.1 Å². The Labute approximate surface area is 104 Å². The molecule has 0 aliphatic carbocycles. The molecular weight excluding hydrogens is 214 g/mol. The second-order valence-electron chi connectivity index (χ2n) is 4.99. The molecule has 1 aliphatic rings. The molecule has 0 spiro atoms. The Kier molecular flexibility index (Phi) is 5.69. The first-order valence-corrected chi connectivity index (χ1v) is 6.73. The summed E-state index contributed by atoms with van der Waals surface area (Å²) in [6.45, 7) is 4.20. The average molecular weight is 239 g/mol. The second kappa shape index (κ2) is 6.80. The van der Waals surface area contributed by atoms with Crippen molar-refractivity contribution >= 4 is 5.91 Å². The summed E-state index contributed by atoms with van der Waals surface area (Å²) in [5.74, 6) is 0.331. The van der Waals surface area contributed by atoms with E-state index in [-0.39, 0.29) is 18.4 Å². The minimum atomic E-state index is -0.420. The molecule has 1 heterocycles. The van der Waals surface area contributed by atoms with Crippen LogP contribution in [0.5, 0.6) is 0 Å². The van der Waals surface area contributed by atoms with Crippen LogP contribution in [0.4, 0.5) is 0 Å². The van der Waals surface area contributed by atoms with Crippen molar-refractivity contribution in [2.24, 2.45) is 5.92 Å². The molecule has 0 radical (unpaired) electrons. The van der Waals surface area contributed by atoms with Crippen molar-refractivity contribution < 1.29 is 9.90 Å². The van der Waals surface area contributed by atoms with Crippen molar-refractivity contribution in [3.63, 3.8) is 0 Å². The van der Waals surface area contributed by atoms with E-state index in [0.717, 1.165) is 32.1 Å². The predicted octanol–water partition coefficient (Wildman–Crippen LogP) is 2.40. The van der Waals surface area contributed by atoms with E-state index in [9.17, 15) is 9.90 Å². The quantitative estimate of drug-likeness (QED) is 0.699. The lowest BCUT2D eigenvalue weighted by Crippen LogP contribution is -2.58. The van der Waals surface area contributed by atoms with E-state index >= 15 is 0 Å². The summed E-state index contributed by atoms with van der Waals surface area (Å²) in [5, 5.41) is 12.7. The highest BCUT2D eigenvalue weighted by Crippen LogP contribution is 2.32. The van der Waals surface area contributed by atoms with Gasteiger partial charge in [0.1, 0.15) is 0 Å². The first-order chi connectivity index (χ1) is 8.18. The summed E-state index contributed by atoms with van der Waals surface area (Å²) in [6.07, 6.45) is 9.83. The number of amides is 1. The maximum Gasteiger partial charge on any atom is 0.220 e. The summed E-state index contributed by atoms with van der Waals surface area (Å²) in [7, 11) is 0. The second-order valence-corrected chi connectivity index (χ2v) is 4.99. The number of nitrogens with one attached hydrogen (secondary N) is 1. The zero-order valence-electron chi connectivity index (χ0n) is 11.0. The van der Waals surface area contributed by atoms with E-state index in [4.69, 9.17) is 0 Å². The van der Waals surface area contributed by atoms with Gasteiger partial charge in [0.2, 0.25) is 5.91 Å². The van der Waals surface area contributed by atoms with Gasteiger partial charge in [-0.05, 0) is 26.2 Å². The van der Waals surface area contributed by atoms with Gasteiger partial charge in [-0.2, -0.15) is 0 Å². The maximum absolute atomic E-state index is 11.6. The molecule has 1 saturated heterocycles. The van der Waals surface area contributed by atoms with E-state index in [0.29, 0.717) is 6.42 Å². The fourth-order valence-corrected chi connectivity index (χ4v) is 2.69. The third-order valence-electron chi connectivity index (χ3n) is 3.70. The van der Waals surface area contributed by atoms with E-state index in [1.165, 1.54) is 0 Å². The predicted molar refractivity (Wildman–Crippen MR) is 69.6 cm³/mol. The molecule has 0 saturated carbocycles. The van der Waals surface area contributed by atoms with Crippen LogP contribution >= 0.6 is 0 Å². The zero-order chi connectivity index (χ0) is 12.7. The highest BCUT2D eigenvalue weighted by molar-refractivity contribution is 5.77. The Hall–Kier alpha value is -0.830. The van der Waals surface area contributed by atoms with Crippen molar-refractivity contribution in [3.05, 3.63) is 12.2 Å². The Bertz CT molecular complexity index is 275. The van der Waals surface area contributed by atoms with Gasteiger partial charge in [-0.1, -0.05) is 31.9 Å². The molecule has 1 rings (SSSR count). The number of allylic oxidation sites excluding steroid dienone is 1. The minimum absolute atomic E-state index is 0.0391. The molecule has 1 aliphatic heterocycles. The van der Waals surface area contributed by atoms with Gasteiger partial charge in [0, 0.05) is 12.3 Å².